The zero-order valence-corrected chi connectivity index (χ0v) is 18.3. The lowest BCUT2D eigenvalue weighted by molar-refractivity contribution is -0.132. The lowest BCUT2D eigenvalue weighted by atomic mass is 9.92. The summed E-state index contributed by atoms with van der Waals surface area (Å²) in [4.78, 5) is 28.6. The average molecular weight is 376 g/mol. The molecule has 0 saturated carbocycles. The normalized spacial score (nSPS) is 11.4. The molecule has 1 rings (SSSR count). The Morgan fingerprint density at radius 3 is 2.26 bits per heavy atom. The highest BCUT2D eigenvalue weighted by atomic mass is 16.2. The number of rotatable bonds is 8. The summed E-state index contributed by atoms with van der Waals surface area (Å²) in [5.41, 5.74) is 2.81. The lowest BCUT2D eigenvalue weighted by Crippen LogP contribution is -2.33. The van der Waals surface area contributed by atoms with Gasteiger partial charge in [0.1, 0.15) is 0 Å². The first-order valence-electron chi connectivity index (χ1n) is 9.80. The molecule has 5 nitrogen and oxygen atoms in total. The lowest BCUT2D eigenvalue weighted by Gasteiger charge is -2.27. The van der Waals surface area contributed by atoms with E-state index in [0.29, 0.717) is 25.3 Å². The van der Waals surface area contributed by atoms with Crippen molar-refractivity contribution in [3.8, 4) is 0 Å². The Kier molecular flexibility index (Phi) is 8.32. The van der Waals surface area contributed by atoms with E-state index in [-0.39, 0.29) is 17.2 Å². The van der Waals surface area contributed by atoms with Crippen LogP contribution in [-0.2, 0) is 16.1 Å². The monoisotopic (exact) mass is 375 g/mol. The van der Waals surface area contributed by atoms with Crippen molar-refractivity contribution in [2.75, 3.05) is 30.9 Å². The Morgan fingerprint density at radius 2 is 1.78 bits per heavy atom. The van der Waals surface area contributed by atoms with Crippen LogP contribution in [0.3, 0.4) is 0 Å². The number of hydrogen-bond donors (Lipinski definition) is 1. The molecule has 27 heavy (non-hydrogen) atoms. The highest BCUT2D eigenvalue weighted by molar-refractivity contribution is 5.91. The van der Waals surface area contributed by atoms with Crippen molar-refractivity contribution in [1.82, 2.24) is 4.90 Å². The quantitative estimate of drug-likeness (QED) is 0.727. The third kappa shape index (κ3) is 8.02. The van der Waals surface area contributed by atoms with Crippen LogP contribution < -0.4 is 10.2 Å². The first kappa shape index (κ1) is 23.0. The summed E-state index contributed by atoms with van der Waals surface area (Å²) in [6.07, 6.45) is 0.956. The smallest absolute Gasteiger partial charge is 0.224 e. The van der Waals surface area contributed by atoms with E-state index in [1.54, 1.807) is 0 Å². The Balaban J connectivity index is 3.10. The number of amides is 2. The Bertz CT molecular complexity index is 645. The van der Waals surface area contributed by atoms with Crippen molar-refractivity contribution < 1.29 is 9.59 Å². The van der Waals surface area contributed by atoms with Gasteiger partial charge < -0.3 is 15.1 Å². The largest absolute Gasteiger partial charge is 0.377 e. The summed E-state index contributed by atoms with van der Waals surface area (Å²) >= 11 is 0. The number of carbonyl (C=O) groups is 2. The van der Waals surface area contributed by atoms with Gasteiger partial charge in [0.2, 0.25) is 11.8 Å². The van der Waals surface area contributed by atoms with Crippen LogP contribution in [-0.4, -0.2) is 37.4 Å². The minimum Gasteiger partial charge on any atom is -0.377 e. The minimum atomic E-state index is -0.0574. The van der Waals surface area contributed by atoms with Gasteiger partial charge in [0.25, 0.3) is 0 Å². The minimum absolute atomic E-state index is 0.00900. The van der Waals surface area contributed by atoms with Crippen LogP contribution in [0.2, 0.25) is 0 Å². The molecule has 0 aliphatic heterocycles. The van der Waals surface area contributed by atoms with Crippen LogP contribution in [0, 0.1) is 11.3 Å². The van der Waals surface area contributed by atoms with Gasteiger partial charge in [0, 0.05) is 51.4 Å². The SMILES string of the molecule is CCC(=O)N(Cc1cc(NC(=O)CC(C)(C)C)ccc1N(C)C)CC(C)C. The van der Waals surface area contributed by atoms with Crippen molar-refractivity contribution in [2.45, 2.75) is 60.9 Å². The van der Waals surface area contributed by atoms with E-state index in [2.05, 4.69) is 19.2 Å². The molecule has 0 atom stereocenters. The van der Waals surface area contributed by atoms with Gasteiger partial charge in [-0.15, -0.1) is 0 Å². The molecule has 152 valence electrons. The maximum absolute atomic E-state index is 12.4. The molecule has 0 fully saturated rings. The van der Waals surface area contributed by atoms with Crippen LogP contribution in [0.1, 0.15) is 59.9 Å². The summed E-state index contributed by atoms with van der Waals surface area (Å²) in [5, 5.41) is 3.00. The van der Waals surface area contributed by atoms with E-state index in [0.717, 1.165) is 23.5 Å². The number of hydrogen-bond acceptors (Lipinski definition) is 3. The number of nitrogens with one attached hydrogen (secondary N) is 1. The van der Waals surface area contributed by atoms with Crippen LogP contribution in [0.4, 0.5) is 11.4 Å². The standard InChI is InChI=1S/C22H37N3O2/c1-9-21(27)25(14-16(2)3)15-17-12-18(10-11-19(17)24(7)8)23-20(26)13-22(4,5)6/h10-12,16H,9,13-15H2,1-8H3,(H,23,26). The molecule has 0 aliphatic rings. The molecule has 1 aromatic rings. The summed E-state index contributed by atoms with van der Waals surface area (Å²) < 4.78 is 0. The van der Waals surface area contributed by atoms with Gasteiger partial charge in [-0.1, -0.05) is 41.5 Å². The zero-order chi connectivity index (χ0) is 20.8. The number of anilines is 2. The predicted molar refractivity (Wildman–Crippen MR) is 114 cm³/mol. The summed E-state index contributed by atoms with van der Waals surface area (Å²) in [6, 6.07) is 5.92. The van der Waals surface area contributed by atoms with Crippen LogP contribution in [0.25, 0.3) is 0 Å². The van der Waals surface area contributed by atoms with Gasteiger partial charge in [0.15, 0.2) is 0 Å². The number of carbonyl (C=O) groups excluding carboxylic acids is 2. The molecular formula is C22H37N3O2. The predicted octanol–water partition coefficient (Wildman–Crippen LogP) is 4.52. The van der Waals surface area contributed by atoms with Gasteiger partial charge in [-0.25, -0.2) is 0 Å². The molecule has 0 unspecified atom stereocenters. The second-order valence-electron chi connectivity index (χ2n) is 9.05. The molecule has 0 aliphatic carbocycles. The highest BCUT2D eigenvalue weighted by Gasteiger charge is 2.19. The average Bonchev–Trinajstić information content (AvgIpc) is 2.51. The molecular weight excluding hydrogens is 338 g/mol. The molecule has 5 heteroatoms. The Morgan fingerprint density at radius 1 is 1.15 bits per heavy atom. The molecule has 0 radical (unpaired) electrons. The van der Waals surface area contributed by atoms with Crippen LogP contribution in [0.5, 0.6) is 0 Å². The van der Waals surface area contributed by atoms with Gasteiger partial charge in [-0.3, -0.25) is 9.59 Å². The van der Waals surface area contributed by atoms with Gasteiger partial charge in [-0.2, -0.15) is 0 Å². The first-order chi connectivity index (χ1) is 12.4. The van der Waals surface area contributed by atoms with Crippen LogP contribution >= 0.6 is 0 Å². The molecule has 1 aromatic carbocycles. The molecule has 2 amide bonds. The van der Waals surface area contributed by atoms with Crippen LogP contribution in [0.15, 0.2) is 18.2 Å². The second-order valence-corrected chi connectivity index (χ2v) is 9.05. The van der Waals surface area contributed by atoms with Crippen molar-refractivity contribution in [3.63, 3.8) is 0 Å². The van der Waals surface area contributed by atoms with Crippen molar-refractivity contribution in [1.29, 1.82) is 0 Å². The molecule has 0 saturated heterocycles. The van der Waals surface area contributed by atoms with E-state index in [1.165, 1.54) is 0 Å². The van der Waals surface area contributed by atoms with Crippen molar-refractivity contribution >= 4 is 23.2 Å². The van der Waals surface area contributed by atoms with E-state index in [9.17, 15) is 9.59 Å². The Labute approximate surface area is 165 Å². The first-order valence-corrected chi connectivity index (χ1v) is 9.80. The Hall–Kier alpha value is -2.04. The van der Waals surface area contributed by atoms with Crippen molar-refractivity contribution in [3.05, 3.63) is 23.8 Å². The molecule has 0 spiro atoms. The third-order valence-electron chi connectivity index (χ3n) is 4.14. The van der Waals surface area contributed by atoms with E-state index in [4.69, 9.17) is 0 Å². The number of benzene rings is 1. The summed E-state index contributed by atoms with van der Waals surface area (Å²) in [5.74, 6) is 0.559. The summed E-state index contributed by atoms with van der Waals surface area (Å²) in [7, 11) is 3.98. The van der Waals surface area contributed by atoms with E-state index >= 15 is 0 Å². The van der Waals surface area contributed by atoms with Gasteiger partial charge >= 0.3 is 0 Å². The second kappa shape index (κ2) is 9.77. The van der Waals surface area contributed by atoms with Crippen molar-refractivity contribution in [2.24, 2.45) is 11.3 Å². The fourth-order valence-corrected chi connectivity index (χ4v) is 3.04. The summed E-state index contributed by atoms with van der Waals surface area (Å²) in [6.45, 7) is 13.5. The topological polar surface area (TPSA) is 52.7 Å². The fraction of sp³-hybridized carbons (Fsp3) is 0.636. The maximum atomic E-state index is 12.4. The highest BCUT2D eigenvalue weighted by Crippen LogP contribution is 2.26. The van der Waals surface area contributed by atoms with Gasteiger partial charge in [-0.05, 0) is 35.1 Å². The maximum Gasteiger partial charge on any atom is 0.224 e. The van der Waals surface area contributed by atoms with Gasteiger partial charge in [0.05, 0.1) is 0 Å². The van der Waals surface area contributed by atoms with E-state index < -0.39 is 0 Å². The fourth-order valence-electron chi connectivity index (χ4n) is 3.04. The molecule has 1 N–H and O–H groups in total. The number of nitrogens with zero attached hydrogens (tertiary/aromatic N) is 2. The third-order valence-corrected chi connectivity index (χ3v) is 4.14. The molecule has 0 heterocycles. The zero-order valence-electron chi connectivity index (χ0n) is 18.3. The van der Waals surface area contributed by atoms with E-state index in [1.807, 2.05) is 69.8 Å². The molecule has 0 bridgehead atoms. The molecule has 0 aromatic heterocycles.